The second kappa shape index (κ2) is 13.4. The molecule has 4 fully saturated rings. The van der Waals surface area contributed by atoms with Crippen LogP contribution in [0.2, 0.25) is 0 Å². The first-order chi connectivity index (χ1) is 23.4. The SMILES string of the molecule is CC1=C(C)C(C)[C]([Ti]([NH]C23CC4(C)CC(C)(CC(C)(C4)C2)C3)[SiH](c2ccccc2)c2ccccc2)=C1C.c1ccc(-c2ccccc2)cc1. The van der Waals surface area contributed by atoms with Gasteiger partial charge in [0.1, 0.15) is 0 Å². The molecule has 5 aliphatic rings. The van der Waals surface area contributed by atoms with Crippen molar-refractivity contribution in [2.45, 2.75) is 92.5 Å². The first-order valence-corrected chi connectivity index (χ1v) is 24.7. The molecule has 9 rings (SSSR count). The van der Waals surface area contributed by atoms with Crippen molar-refractivity contribution >= 4 is 17.0 Å². The molecule has 0 spiro atoms. The van der Waals surface area contributed by atoms with Gasteiger partial charge in [-0.05, 0) is 11.1 Å². The summed E-state index contributed by atoms with van der Waals surface area (Å²) in [6.45, 7) is 16.2. The van der Waals surface area contributed by atoms with Crippen molar-refractivity contribution in [3.8, 4) is 11.1 Å². The molecule has 4 saturated carbocycles. The van der Waals surface area contributed by atoms with Crippen LogP contribution in [0.1, 0.15) is 87.0 Å². The van der Waals surface area contributed by atoms with Crippen LogP contribution in [0.4, 0.5) is 0 Å². The van der Waals surface area contributed by atoms with Crippen molar-refractivity contribution in [3.63, 3.8) is 0 Å². The minimum atomic E-state index is -1.97. The first kappa shape index (κ1) is 34.7. The van der Waals surface area contributed by atoms with Crippen molar-refractivity contribution < 1.29 is 17.4 Å². The Hall–Kier alpha value is -2.75. The van der Waals surface area contributed by atoms with Crippen LogP contribution in [0.3, 0.4) is 0 Å². The summed E-state index contributed by atoms with van der Waals surface area (Å²) in [5.74, 6) is 0.584. The van der Waals surface area contributed by atoms with Gasteiger partial charge in [-0.25, -0.2) is 0 Å². The van der Waals surface area contributed by atoms with E-state index in [-0.39, 0.29) is 0 Å². The molecule has 0 saturated heterocycles. The predicted octanol–water partition coefficient (Wildman–Crippen LogP) is 10.4. The molecule has 253 valence electrons. The largest absolute Gasteiger partial charge is 0.0622 e. The zero-order chi connectivity index (χ0) is 34.4. The number of benzene rings is 4. The second-order valence-electron chi connectivity index (χ2n) is 17.4. The van der Waals surface area contributed by atoms with Crippen molar-refractivity contribution in [2.75, 3.05) is 0 Å². The van der Waals surface area contributed by atoms with Crippen molar-refractivity contribution in [2.24, 2.45) is 22.2 Å². The molecule has 1 N–H and O–H groups in total. The molecule has 0 heterocycles. The van der Waals surface area contributed by atoms with Gasteiger partial charge in [0.05, 0.1) is 0 Å². The van der Waals surface area contributed by atoms with Crippen LogP contribution in [0.25, 0.3) is 11.1 Å². The van der Waals surface area contributed by atoms with E-state index in [1.165, 1.54) is 49.7 Å². The average molecular weight is 699 g/mol. The summed E-state index contributed by atoms with van der Waals surface area (Å²) in [6, 6.07) is 44.2. The molecule has 0 aromatic heterocycles. The van der Waals surface area contributed by atoms with Gasteiger partial charge < -0.3 is 0 Å². The third-order valence-electron chi connectivity index (χ3n) is 12.6. The Labute approximate surface area is 304 Å². The van der Waals surface area contributed by atoms with Crippen LogP contribution in [-0.2, 0) is 17.4 Å². The maximum atomic E-state index is 4.82. The van der Waals surface area contributed by atoms with E-state index in [4.69, 9.17) is 3.80 Å². The number of hydrogen-bond acceptors (Lipinski definition) is 1. The van der Waals surface area contributed by atoms with Gasteiger partial charge >= 0.3 is 234 Å². The van der Waals surface area contributed by atoms with Gasteiger partial charge in [0, 0.05) is 0 Å². The Balaban J connectivity index is 0.000000265. The van der Waals surface area contributed by atoms with Gasteiger partial charge in [-0.15, -0.1) is 0 Å². The van der Waals surface area contributed by atoms with Crippen LogP contribution in [0.15, 0.2) is 142 Å². The van der Waals surface area contributed by atoms with Gasteiger partial charge in [0.15, 0.2) is 0 Å². The molecule has 1 unspecified atom stereocenters. The second-order valence-corrected chi connectivity index (χ2v) is 27.2. The molecule has 1 nitrogen and oxygen atoms in total. The fraction of sp³-hybridized carbons (Fsp3) is 0.391. The molecule has 4 aromatic carbocycles. The summed E-state index contributed by atoms with van der Waals surface area (Å²) in [5, 5.41) is 3.28. The normalized spacial score (nSPS) is 30.1. The zero-order valence-corrected chi connectivity index (χ0v) is 33.7. The third kappa shape index (κ3) is 6.96. The molecule has 5 aliphatic carbocycles. The molecule has 0 radical (unpaired) electrons. The van der Waals surface area contributed by atoms with E-state index in [1.807, 2.05) is 16.0 Å². The summed E-state index contributed by atoms with van der Waals surface area (Å²) >= 11 is -1.97. The number of hydrogen-bond donors (Lipinski definition) is 1. The summed E-state index contributed by atoms with van der Waals surface area (Å²) in [6.07, 6.45) is 8.47. The molecule has 0 aliphatic heterocycles. The van der Waals surface area contributed by atoms with E-state index in [9.17, 15) is 0 Å². The Morgan fingerprint density at radius 3 is 1.24 bits per heavy atom. The van der Waals surface area contributed by atoms with E-state index < -0.39 is 24.0 Å². The Morgan fingerprint density at radius 2 is 0.898 bits per heavy atom. The Bertz CT molecular complexity index is 1700. The Morgan fingerprint density at radius 1 is 0.531 bits per heavy atom. The van der Waals surface area contributed by atoms with E-state index in [2.05, 4.69) is 158 Å². The van der Waals surface area contributed by atoms with Gasteiger partial charge in [0.25, 0.3) is 0 Å². The number of allylic oxidation sites excluding steroid dienone is 4. The fourth-order valence-corrected chi connectivity index (χ4v) is 28.4. The van der Waals surface area contributed by atoms with Gasteiger partial charge in [-0.3, -0.25) is 0 Å². The fourth-order valence-electron chi connectivity index (χ4n) is 11.9. The Kier molecular flexibility index (Phi) is 9.50. The van der Waals surface area contributed by atoms with Crippen molar-refractivity contribution in [3.05, 3.63) is 142 Å². The van der Waals surface area contributed by atoms with Crippen LogP contribution < -0.4 is 14.2 Å². The molecule has 4 aromatic rings. The van der Waals surface area contributed by atoms with Gasteiger partial charge in [-0.2, -0.15) is 0 Å². The predicted molar refractivity (Wildman–Crippen MR) is 209 cm³/mol. The minimum absolute atomic E-state index is 0.314. The average Bonchev–Trinajstić information content (AvgIpc) is 3.26. The van der Waals surface area contributed by atoms with Crippen LogP contribution in [-0.4, -0.2) is 12.2 Å². The number of rotatable bonds is 7. The van der Waals surface area contributed by atoms with Crippen LogP contribution >= 0.6 is 0 Å². The monoisotopic (exact) mass is 698 g/mol. The van der Waals surface area contributed by atoms with E-state index in [0.717, 1.165) is 0 Å². The van der Waals surface area contributed by atoms with E-state index >= 15 is 0 Å². The first-order valence-electron chi connectivity index (χ1n) is 18.7. The number of nitrogens with one attached hydrogen (secondary N) is 1. The van der Waals surface area contributed by atoms with Crippen molar-refractivity contribution in [1.82, 2.24) is 3.80 Å². The molecule has 4 bridgehead atoms. The maximum Gasteiger partial charge on any atom is -0.0184 e. The summed E-state index contributed by atoms with van der Waals surface area (Å²) in [7, 11) is 0. The quantitative estimate of drug-likeness (QED) is 0.190. The molecular weight excluding hydrogens is 642 g/mol. The molecular formula is C46H56NSiTi. The minimum Gasteiger partial charge on any atom is -0.0622 e. The van der Waals surface area contributed by atoms with Crippen LogP contribution in [0.5, 0.6) is 0 Å². The van der Waals surface area contributed by atoms with E-state index in [0.29, 0.717) is 27.7 Å². The van der Waals surface area contributed by atoms with Crippen LogP contribution in [0, 0.1) is 22.2 Å². The molecule has 3 heteroatoms. The van der Waals surface area contributed by atoms with Gasteiger partial charge in [-0.1, -0.05) is 60.7 Å². The molecule has 1 atom stereocenters. The topological polar surface area (TPSA) is 12.0 Å². The third-order valence-corrected chi connectivity index (χ3v) is 26.4. The van der Waals surface area contributed by atoms with Crippen molar-refractivity contribution in [1.29, 1.82) is 0 Å². The maximum absolute atomic E-state index is 4.82. The smallest absolute Gasteiger partial charge is 0.0184 e. The summed E-state index contributed by atoms with van der Waals surface area (Å²) in [5.41, 5.74) is 9.18. The zero-order valence-electron chi connectivity index (χ0n) is 30.9. The standard InChI is InChI=1S/C13H22N.C12H11Si.C12H10.C9H13.Ti/c1-10-4-11(2)6-12(3,5-10)9-13(14,7-10)8-11;1-3-7-11(8-4-1)13-12-9-5-2-6-10-12;1-3-7-11(8-4-1)12-9-5-2-6-10-12;1-6-5-7(2)9(4)8(6)3;/h14H,4-9H2,1-3H3;1-10,13H;1-10H;6H,1-4H3;/q-1;;;;+1. The molecule has 49 heavy (non-hydrogen) atoms. The summed E-state index contributed by atoms with van der Waals surface area (Å²) in [4.78, 5) is 0. The summed E-state index contributed by atoms with van der Waals surface area (Å²) < 4.78 is 6.68. The van der Waals surface area contributed by atoms with E-state index in [1.54, 1.807) is 27.1 Å². The van der Waals surface area contributed by atoms with Gasteiger partial charge in [0.2, 0.25) is 0 Å². The molecule has 0 amide bonds.